The van der Waals surface area contributed by atoms with Crippen molar-refractivity contribution in [2.75, 3.05) is 13.7 Å². The maximum Gasteiger partial charge on any atom is 0.120 e. The molecule has 1 rings (SSSR count). The first-order valence-electron chi connectivity index (χ1n) is 7.52. The summed E-state index contributed by atoms with van der Waals surface area (Å²) in [6, 6.07) is 8.48. The van der Waals surface area contributed by atoms with Gasteiger partial charge >= 0.3 is 0 Å². The van der Waals surface area contributed by atoms with Gasteiger partial charge < -0.3 is 14.8 Å². The van der Waals surface area contributed by atoms with Crippen LogP contribution in [0.4, 0.5) is 0 Å². The maximum absolute atomic E-state index is 5.79. The Hall–Kier alpha value is -1.06. The third kappa shape index (κ3) is 4.80. The molecule has 3 heteroatoms. The molecule has 0 aliphatic carbocycles. The number of likely N-dealkylation sites (N-methyl/N-ethyl adjacent to an activating group) is 1. The van der Waals surface area contributed by atoms with Gasteiger partial charge in [-0.3, -0.25) is 0 Å². The minimum atomic E-state index is 0.143. The van der Waals surface area contributed by atoms with E-state index in [1.54, 1.807) is 7.11 Å². The summed E-state index contributed by atoms with van der Waals surface area (Å²) < 4.78 is 11.5. The van der Waals surface area contributed by atoms with Crippen molar-refractivity contribution in [3.8, 4) is 5.75 Å². The lowest BCUT2D eigenvalue weighted by Crippen LogP contribution is -2.36. The molecule has 2 unspecified atom stereocenters. The number of hydrogen-bond acceptors (Lipinski definition) is 3. The van der Waals surface area contributed by atoms with Crippen LogP contribution in [0.5, 0.6) is 5.75 Å². The molecule has 1 N–H and O–H groups in total. The molecule has 114 valence electrons. The highest BCUT2D eigenvalue weighted by molar-refractivity contribution is 5.31. The lowest BCUT2D eigenvalue weighted by atomic mass is 9.93. The first kappa shape index (κ1) is 17.0. The molecule has 0 radical (unpaired) electrons. The average Bonchev–Trinajstić information content (AvgIpc) is 2.37. The van der Waals surface area contributed by atoms with Crippen LogP contribution in [0.2, 0.25) is 0 Å². The average molecular weight is 279 g/mol. The van der Waals surface area contributed by atoms with Crippen LogP contribution in [0.15, 0.2) is 24.3 Å². The predicted octanol–water partition coefficient (Wildman–Crippen LogP) is 3.80. The van der Waals surface area contributed by atoms with E-state index in [2.05, 4.69) is 38.2 Å². The Morgan fingerprint density at radius 1 is 1.15 bits per heavy atom. The maximum atomic E-state index is 5.79. The fraction of sp³-hybridized carbons (Fsp3) is 0.647. The summed E-state index contributed by atoms with van der Waals surface area (Å²) >= 11 is 0. The van der Waals surface area contributed by atoms with Gasteiger partial charge in [0.1, 0.15) is 5.75 Å². The van der Waals surface area contributed by atoms with Gasteiger partial charge in [-0.2, -0.15) is 0 Å². The lowest BCUT2D eigenvalue weighted by molar-refractivity contribution is 0.0330. The molecule has 0 aliphatic heterocycles. The van der Waals surface area contributed by atoms with E-state index < -0.39 is 0 Å². The van der Waals surface area contributed by atoms with Crippen molar-refractivity contribution in [2.24, 2.45) is 5.92 Å². The molecule has 0 heterocycles. The van der Waals surface area contributed by atoms with E-state index in [0.29, 0.717) is 5.92 Å². The van der Waals surface area contributed by atoms with E-state index in [4.69, 9.17) is 9.47 Å². The molecule has 0 aromatic heterocycles. The first-order chi connectivity index (χ1) is 9.49. The normalized spacial score (nSPS) is 14.6. The second-order valence-corrected chi connectivity index (χ2v) is 5.72. The molecule has 1 aromatic rings. The van der Waals surface area contributed by atoms with Gasteiger partial charge in [-0.05, 0) is 44.0 Å². The van der Waals surface area contributed by atoms with Gasteiger partial charge in [0, 0.05) is 7.11 Å². The second kappa shape index (κ2) is 8.28. The molecule has 0 saturated carbocycles. The van der Waals surface area contributed by atoms with Crippen LogP contribution >= 0.6 is 0 Å². The fourth-order valence-electron chi connectivity index (χ4n) is 2.49. The quantitative estimate of drug-likeness (QED) is 0.785. The minimum absolute atomic E-state index is 0.143. The van der Waals surface area contributed by atoms with Gasteiger partial charge in [0.15, 0.2) is 0 Å². The number of methoxy groups -OCH3 is 1. The van der Waals surface area contributed by atoms with Gasteiger partial charge in [0.25, 0.3) is 0 Å². The molecule has 0 bridgehead atoms. The summed E-state index contributed by atoms with van der Waals surface area (Å²) in [5.74, 6) is 1.36. The summed E-state index contributed by atoms with van der Waals surface area (Å²) in [6.45, 7) is 11.5. The summed E-state index contributed by atoms with van der Waals surface area (Å²) in [4.78, 5) is 0. The molecule has 2 atom stereocenters. The molecular weight excluding hydrogens is 250 g/mol. The molecule has 3 nitrogen and oxygen atoms in total. The number of rotatable bonds is 8. The van der Waals surface area contributed by atoms with Crippen LogP contribution in [0.3, 0.4) is 0 Å². The Kier molecular flexibility index (Phi) is 7.03. The predicted molar refractivity (Wildman–Crippen MR) is 84.3 cm³/mol. The summed E-state index contributed by atoms with van der Waals surface area (Å²) in [5, 5.41) is 3.53. The van der Waals surface area contributed by atoms with E-state index in [9.17, 15) is 0 Å². The highest BCUT2D eigenvalue weighted by atomic mass is 16.5. The topological polar surface area (TPSA) is 30.5 Å². The standard InChI is InChI=1S/C17H29NO2/c1-7-18-16(17(19-6)12(2)3)14-9-8-10-15(11-14)20-13(4)5/h8-13,16-18H,7H2,1-6H3. The van der Waals surface area contributed by atoms with Crippen molar-refractivity contribution in [3.05, 3.63) is 29.8 Å². The Morgan fingerprint density at radius 3 is 2.35 bits per heavy atom. The van der Waals surface area contributed by atoms with Crippen molar-refractivity contribution in [3.63, 3.8) is 0 Å². The number of ether oxygens (including phenoxy) is 2. The van der Waals surface area contributed by atoms with Gasteiger partial charge in [0.05, 0.1) is 18.2 Å². The van der Waals surface area contributed by atoms with Crippen LogP contribution in [-0.4, -0.2) is 25.9 Å². The highest BCUT2D eigenvalue weighted by Gasteiger charge is 2.25. The van der Waals surface area contributed by atoms with E-state index in [1.165, 1.54) is 5.56 Å². The monoisotopic (exact) mass is 279 g/mol. The molecule has 0 fully saturated rings. The largest absolute Gasteiger partial charge is 0.491 e. The molecule has 20 heavy (non-hydrogen) atoms. The second-order valence-electron chi connectivity index (χ2n) is 5.72. The number of benzene rings is 1. The van der Waals surface area contributed by atoms with Crippen LogP contribution < -0.4 is 10.1 Å². The Morgan fingerprint density at radius 2 is 1.85 bits per heavy atom. The summed E-state index contributed by atoms with van der Waals surface area (Å²) in [7, 11) is 1.78. The zero-order chi connectivity index (χ0) is 15.1. The highest BCUT2D eigenvalue weighted by Crippen LogP contribution is 2.27. The van der Waals surface area contributed by atoms with Crippen molar-refractivity contribution >= 4 is 0 Å². The van der Waals surface area contributed by atoms with E-state index in [1.807, 2.05) is 26.0 Å². The molecule has 1 aromatic carbocycles. The van der Waals surface area contributed by atoms with Crippen LogP contribution in [-0.2, 0) is 4.74 Å². The van der Waals surface area contributed by atoms with E-state index in [-0.39, 0.29) is 18.2 Å². The van der Waals surface area contributed by atoms with Crippen LogP contribution in [0, 0.1) is 5.92 Å². The molecule has 0 saturated heterocycles. The van der Waals surface area contributed by atoms with Crippen molar-refractivity contribution in [1.29, 1.82) is 0 Å². The summed E-state index contributed by atoms with van der Waals surface area (Å²) in [5.41, 5.74) is 1.21. The molecule has 0 spiro atoms. The number of hydrogen-bond donors (Lipinski definition) is 1. The SMILES string of the molecule is CCNC(c1cccc(OC(C)C)c1)C(OC)C(C)C. The third-order valence-electron chi connectivity index (χ3n) is 3.27. The van der Waals surface area contributed by atoms with E-state index in [0.717, 1.165) is 12.3 Å². The first-order valence-corrected chi connectivity index (χ1v) is 7.52. The van der Waals surface area contributed by atoms with Gasteiger partial charge in [-0.25, -0.2) is 0 Å². The zero-order valence-electron chi connectivity index (χ0n) is 13.6. The molecule has 0 aliphatic rings. The van der Waals surface area contributed by atoms with Gasteiger partial charge in [-0.15, -0.1) is 0 Å². The minimum Gasteiger partial charge on any atom is -0.491 e. The van der Waals surface area contributed by atoms with Crippen molar-refractivity contribution in [1.82, 2.24) is 5.32 Å². The zero-order valence-corrected chi connectivity index (χ0v) is 13.6. The van der Waals surface area contributed by atoms with Gasteiger partial charge in [0.2, 0.25) is 0 Å². The van der Waals surface area contributed by atoms with Crippen LogP contribution in [0.25, 0.3) is 0 Å². The third-order valence-corrected chi connectivity index (χ3v) is 3.27. The van der Waals surface area contributed by atoms with E-state index >= 15 is 0 Å². The van der Waals surface area contributed by atoms with Crippen LogP contribution in [0.1, 0.15) is 46.2 Å². The Labute approximate surface area is 123 Å². The van der Waals surface area contributed by atoms with Crippen molar-refractivity contribution in [2.45, 2.75) is 52.9 Å². The number of nitrogens with one attached hydrogen (secondary N) is 1. The summed E-state index contributed by atoms with van der Waals surface area (Å²) in [6.07, 6.45) is 0.329. The molecular formula is C17H29NO2. The Balaban J connectivity index is 3.01. The van der Waals surface area contributed by atoms with Crippen molar-refractivity contribution < 1.29 is 9.47 Å². The lowest BCUT2D eigenvalue weighted by Gasteiger charge is -2.30. The van der Waals surface area contributed by atoms with Gasteiger partial charge in [-0.1, -0.05) is 32.9 Å². The smallest absolute Gasteiger partial charge is 0.120 e. The molecule has 0 amide bonds. The Bertz CT molecular complexity index is 390. The fourth-order valence-corrected chi connectivity index (χ4v) is 2.49.